The maximum Gasteiger partial charge on any atom is 0.181 e. The molecule has 3 heterocycles. The van der Waals surface area contributed by atoms with Crippen LogP contribution in [0.4, 0.5) is 0 Å². The molecule has 6 aromatic rings. The average Bonchev–Trinajstić information content (AvgIpc) is 3.42. The molecule has 0 aliphatic heterocycles. The van der Waals surface area contributed by atoms with Gasteiger partial charge in [0.2, 0.25) is 0 Å². The Hall–Kier alpha value is -3.51. The van der Waals surface area contributed by atoms with Crippen molar-refractivity contribution in [3.8, 4) is 22.0 Å². The number of fused-ring (bicyclic) bond motifs is 3. The van der Waals surface area contributed by atoms with Gasteiger partial charge in [0, 0.05) is 11.1 Å². The Labute approximate surface area is 157 Å². The fraction of sp³-hybridized carbons (Fsp3) is 0. The minimum absolute atomic E-state index is 0.784. The van der Waals surface area contributed by atoms with Crippen LogP contribution in [-0.4, -0.2) is 19.9 Å². The highest BCUT2D eigenvalue weighted by molar-refractivity contribution is 7.21. The van der Waals surface area contributed by atoms with Crippen molar-refractivity contribution < 1.29 is 4.42 Å². The van der Waals surface area contributed by atoms with E-state index in [1.165, 1.54) is 6.39 Å². The second kappa shape index (κ2) is 5.49. The van der Waals surface area contributed by atoms with E-state index in [0.717, 1.165) is 54.3 Å². The molecule has 0 atom stereocenters. The highest BCUT2D eigenvalue weighted by atomic mass is 32.1. The molecular formula is C21H12N4OS. The first kappa shape index (κ1) is 14.6. The third-order valence-electron chi connectivity index (χ3n) is 4.63. The van der Waals surface area contributed by atoms with Gasteiger partial charge in [-0.3, -0.25) is 0 Å². The molecule has 1 N–H and O–H groups in total. The molecule has 0 aliphatic carbocycles. The van der Waals surface area contributed by atoms with Crippen LogP contribution in [0.2, 0.25) is 0 Å². The number of H-pyrrole nitrogens is 1. The number of imidazole rings is 1. The minimum Gasteiger partial charge on any atom is -0.443 e. The van der Waals surface area contributed by atoms with E-state index in [9.17, 15) is 0 Å². The first-order chi connectivity index (χ1) is 13.3. The SMILES string of the molecule is c1ccc2[nH]c(-c3ccc4nc(-c5ccc6ocnc6c5)sc4c3)nc2c1. The molecule has 3 aromatic heterocycles. The van der Waals surface area contributed by atoms with E-state index in [2.05, 4.69) is 22.1 Å². The quantitative estimate of drug-likeness (QED) is 0.429. The number of nitrogens with one attached hydrogen (secondary N) is 1. The number of rotatable bonds is 2. The molecule has 3 aromatic carbocycles. The van der Waals surface area contributed by atoms with Gasteiger partial charge in [0.1, 0.15) is 16.3 Å². The predicted octanol–water partition coefficient (Wildman–Crippen LogP) is 5.65. The molecular weight excluding hydrogens is 356 g/mol. The smallest absolute Gasteiger partial charge is 0.181 e. The highest BCUT2D eigenvalue weighted by Gasteiger charge is 2.11. The van der Waals surface area contributed by atoms with Gasteiger partial charge in [-0.2, -0.15) is 0 Å². The summed E-state index contributed by atoms with van der Waals surface area (Å²) in [6.07, 6.45) is 1.46. The van der Waals surface area contributed by atoms with Crippen LogP contribution in [0.3, 0.4) is 0 Å². The molecule has 0 radical (unpaired) electrons. The molecule has 0 fully saturated rings. The second-order valence-corrected chi connectivity index (χ2v) is 7.37. The predicted molar refractivity (Wildman–Crippen MR) is 108 cm³/mol. The number of aromatic nitrogens is 4. The van der Waals surface area contributed by atoms with Crippen LogP contribution < -0.4 is 0 Å². The van der Waals surface area contributed by atoms with Crippen molar-refractivity contribution in [2.45, 2.75) is 0 Å². The lowest BCUT2D eigenvalue weighted by molar-refractivity contribution is 0.602. The summed E-state index contributed by atoms with van der Waals surface area (Å²) in [6.45, 7) is 0. The molecule has 5 nitrogen and oxygen atoms in total. The average molecular weight is 368 g/mol. The molecule has 6 rings (SSSR count). The molecule has 0 amide bonds. The van der Waals surface area contributed by atoms with Crippen molar-refractivity contribution in [2.24, 2.45) is 0 Å². The lowest BCUT2D eigenvalue weighted by Gasteiger charge is -1.95. The normalized spacial score (nSPS) is 11.7. The van der Waals surface area contributed by atoms with Crippen molar-refractivity contribution in [1.29, 1.82) is 0 Å². The maximum atomic E-state index is 5.32. The Morgan fingerprint density at radius 3 is 2.70 bits per heavy atom. The molecule has 128 valence electrons. The molecule has 27 heavy (non-hydrogen) atoms. The molecule has 0 spiro atoms. The fourth-order valence-electron chi connectivity index (χ4n) is 3.28. The van der Waals surface area contributed by atoms with Crippen LogP contribution in [0.1, 0.15) is 0 Å². The van der Waals surface area contributed by atoms with E-state index in [-0.39, 0.29) is 0 Å². The molecule has 6 heteroatoms. The minimum atomic E-state index is 0.784. The number of thiazole rings is 1. The number of benzene rings is 3. The third-order valence-corrected chi connectivity index (χ3v) is 5.70. The fourth-order valence-corrected chi connectivity index (χ4v) is 4.28. The van der Waals surface area contributed by atoms with E-state index in [1.54, 1.807) is 11.3 Å². The zero-order valence-corrected chi connectivity index (χ0v) is 14.8. The van der Waals surface area contributed by atoms with Gasteiger partial charge in [0.15, 0.2) is 12.0 Å². The second-order valence-electron chi connectivity index (χ2n) is 6.34. The van der Waals surface area contributed by atoms with Crippen molar-refractivity contribution in [3.63, 3.8) is 0 Å². The monoisotopic (exact) mass is 368 g/mol. The topological polar surface area (TPSA) is 67.6 Å². The third kappa shape index (κ3) is 2.34. The van der Waals surface area contributed by atoms with E-state index < -0.39 is 0 Å². The van der Waals surface area contributed by atoms with E-state index in [4.69, 9.17) is 14.4 Å². The standard InChI is InChI=1S/C21H12N4OS/c1-2-4-15-14(3-1)23-20(24-15)12-5-7-16-19(10-12)27-21(25-16)13-6-8-18-17(9-13)22-11-26-18/h1-11H,(H,23,24). The molecule has 0 aliphatic rings. The molecule has 0 bridgehead atoms. The summed E-state index contributed by atoms with van der Waals surface area (Å²) < 4.78 is 6.45. The first-order valence-electron chi connectivity index (χ1n) is 8.53. The summed E-state index contributed by atoms with van der Waals surface area (Å²) in [6, 6.07) is 20.3. The van der Waals surface area contributed by atoms with Gasteiger partial charge in [-0.05, 0) is 48.5 Å². The van der Waals surface area contributed by atoms with Gasteiger partial charge in [0.25, 0.3) is 0 Å². The Kier molecular flexibility index (Phi) is 2.98. The van der Waals surface area contributed by atoms with Crippen molar-refractivity contribution >= 4 is 43.7 Å². The van der Waals surface area contributed by atoms with Gasteiger partial charge in [-0.25, -0.2) is 15.0 Å². The van der Waals surface area contributed by atoms with Crippen LogP contribution in [0, 0.1) is 0 Å². The zero-order chi connectivity index (χ0) is 17.8. The van der Waals surface area contributed by atoms with Gasteiger partial charge in [0.05, 0.1) is 21.3 Å². The van der Waals surface area contributed by atoms with E-state index in [0.29, 0.717) is 0 Å². The van der Waals surface area contributed by atoms with Crippen LogP contribution >= 0.6 is 11.3 Å². The number of nitrogens with zero attached hydrogens (tertiary/aromatic N) is 3. The van der Waals surface area contributed by atoms with Crippen LogP contribution in [0.25, 0.3) is 54.3 Å². The molecule has 0 saturated carbocycles. The maximum absolute atomic E-state index is 5.32. The summed E-state index contributed by atoms with van der Waals surface area (Å²) in [5, 5.41) is 0.969. The molecule has 0 saturated heterocycles. The van der Waals surface area contributed by atoms with Gasteiger partial charge < -0.3 is 9.40 Å². The number of oxazole rings is 1. The Morgan fingerprint density at radius 2 is 1.74 bits per heavy atom. The largest absolute Gasteiger partial charge is 0.443 e. The molecule has 0 unspecified atom stereocenters. The summed E-state index contributed by atoms with van der Waals surface area (Å²) in [4.78, 5) is 17.1. The summed E-state index contributed by atoms with van der Waals surface area (Å²) in [5.74, 6) is 0.872. The van der Waals surface area contributed by atoms with Crippen LogP contribution in [0.5, 0.6) is 0 Å². The zero-order valence-electron chi connectivity index (χ0n) is 14.0. The lowest BCUT2D eigenvalue weighted by Crippen LogP contribution is -1.80. The summed E-state index contributed by atoms with van der Waals surface area (Å²) >= 11 is 1.67. The lowest BCUT2D eigenvalue weighted by atomic mass is 10.2. The summed E-state index contributed by atoms with van der Waals surface area (Å²) in [7, 11) is 0. The van der Waals surface area contributed by atoms with E-state index >= 15 is 0 Å². The van der Waals surface area contributed by atoms with Gasteiger partial charge in [-0.15, -0.1) is 11.3 Å². The number of para-hydroxylation sites is 2. The first-order valence-corrected chi connectivity index (χ1v) is 9.34. The van der Waals surface area contributed by atoms with Crippen molar-refractivity contribution in [3.05, 3.63) is 67.1 Å². The number of aromatic amines is 1. The van der Waals surface area contributed by atoms with Gasteiger partial charge in [-0.1, -0.05) is 12.1 Å². The Morgan fingerprint density at radius 1 is 0.815 bits per heavy atom. The Bertz CT molecular complexity index is 1410. The Balaban J connectivity index is 1.46. The van der Waals surface area contributed by atoms with E-state index in [1.807, 2.05) is 48.5 Å². The van der Waals surface area contributed by atoms with Crippen LogP contribution in [-0.2, 0) is 0 Å². The van der Waals surface area contributed by atoms with Crippen LogP contribution in [0.15, 0.2) is 71.5 Å². The number of hydrogen-bond acceptors (Lipinski definition) is 5. The van der Waals surface area contributed by atoms with Crippen molar-refractivity contribution in [2.75, 3.05) is 0 Å². The summed E-state index contributed by atoms with van der Waals surface area (Å²) in [5.41, 5.74) is 6.72. The van der Waals surface area contributed by atoms with Gasteiger partial charge >= 0.3 is 0 Å². The number of hydrogen-bond donors (Lipinski definition) is 1. The highest BCUT2D eigenvalue weighted by Crippen LogP contribution is 2.34. The van der Waals surface area contributed by atoms with Crippen molar-refractivity contribution in [1.82, 2.24) is 19.9 Å².